The molecule has 3 nitrogen and oxygen atoms in total. The fourth-order valence-electron chi connectivity index (χ4n) is 2.84. The Morgan fingerprint density at radius 2 is 1.91 bits per heavy atom. The highest BCUT2D eigenvalue weighted by atomic mass is 79.9. The fraction of sp³-hybridized carbons (Fsp3) is 0.294. The number of hydrogen-bond donors (Lipinski definition) is 0. The number of halogens is 3. The van der Waals surface area contributed by atoms with Gasteiger partial charge in [-0.15, -0.1) is 0 Å². The van der Waals surface area contributed by atoms with Gasteiger partial charge in [-0.25, -0.2) is 9.37 Å². The van der Waals surface area contributed by atoms with Gasteiger partial charge in [-0.2, -0.15) is 0 Å². The SMILES string of the molecule is O=C(c1ccc(F)cc1)C1CCN(c2ncc(Br)cc2Cl)CC1. The first-order valence-electron chi connectivity index (χ1n) is 7.40. The number of nitrogens with zero attached hydrogens (tertiary/aromatic N) is 2. The molecule has 3 rings (SSSR count). The van der Waals surface area contributed by atoms with Crippen molar-refractivity contribution in [3.8, 4) is 0 Å². The van der Waals surface area contributed by atoms with Gasteiger partial charge in [0.15, 0.2) is 5.78 Å². The van der Waals surface area contributed by atoms with Gasteiger partial charge in [0, 0.05) is 35.2 Å². The summed E-state index contributed by atoms with van der Waals surface area (Å²) < 4.78 is 13.8. The average Bonchev–Trinajstić information content (AvgIpc) is 2.55. The molecule has 2 heterocycles. The summed E-state index contributed by atoms with van der Waals surface area (Å²) in [6.45, 7) is 1.46. The predicted molar refractivity (Wildman–Crippen MR) is 92.6 cm³/mol. The second kappa shape index (κ2) is 6.97. The Hall–Kier alpha value is -1.46. The number of anilines is 1. The van der Waals surface area contributed by atoms with Crippen LogP contribution in [0.2, 0.25) is 5.02 Å². The molecule has 1 fully saturated rings. The van der Waals surface area contributed by atoms with E-state index in [1.807, 2.05) is 6.07 Å². The van der Waals surface area contributed by atoms with Crippen LogP contribution in [0.4, 0.5) is 10.2 Å². The van der Waals surface area contributed by atoms with Gasteiger partial charge in [0.2, 0.25) is 0 Å². The van der Waals surface area contributed by atoms with Crippen LogP contribution < -0.4 is 4.90 Å². The lowest BCUT2D eigenvalue weighted by molar-refractivity contribution is 0.0900. The molecule has 0 bridgehead atoms. The average molecular weight is 398 g/mol. The minimum Gasteiger partial charge on any atom is -0.355 e. The van der Waals surface area contributed by atoms with Crippen LogP contribution in [0.1, 0.15) is 23.2 Å². The van der Waals surface area contributed by atoms with E-state index in [4.69, 9.17) is 11.6 Å². The lowest BCUT2D eigenvalue weighted by atomic mass is 9.89. The van der Waals surface area contributed by atoms with Gasteiger partial charge in [-0.3, -0.25) is 4.79 Å². The molecule has 1 aromatic carbocycles. The first-order valence-corrected chi connectivity index (χ1v) is 8.57. The van der Waals surface area contributed by atoms with Gasteiger partial charge in [0.25, 0.3) is 0 Å². The molecule has 0 radical (unpaired) electrons. The third-order valence-corrected chi connectivity index (χ3v) is 4.79. The second-order valence-corrected chi connectivity index (χ2v) is 6.91. The van der Waals surface area contributed by atoms with E-state index >= 15 is 0 Å². The van der Waals surface area contributed by atoms with E-state index in [0.29, 0.717) is 10.6 Å². The van der Waals surface area contributed by atoms with Crippen LogP contribution in [0.15, 0.2) is 41.0 Å². The summed E-state index contributed by atoms with van der Waals surface area (Å²) in [5, 5.41) is 0.600. The molecule has 0 spiro atoms. The zero-order valence-electron chi connectivity index (χ0n) is 12.3. The van der Waals surface area contributed by atoms with Crippen molar-refractivity contribution in [2.45, 2.75) is 12.8 Å². The van der Waals surface area contributed by atoms with E-state index in [2.05, 4.69) is 25.8 Å². The van der Waals surface area contributed by atoms with Crippen molar-refractivity contribution in [2.24, 2.45) is 5.92 Å². The molecule has 0 aliphatic carbocycles. The Bertz CT molecular complexity index is 715. The standard InChI is InChI=1S/C17H15BrClFN2O/c18-13-9-15(19)17(21-10-13)22-7-5-12(6-8-22)16(23)11-1-3-14(20)4-2-11/h1-4,9-10,12H,5-8H2. The first-order chi connectivity index (χ1) is 11.0. The summed E-state index contributed by atoms with van der Waals surface area (Å²) in [7, 11) is 0. The van der Waals surface area contributed by atoms with E-state index < -0.39 is 0 Å². The smallest absolute Gasteiger partial charge is 0.166 e. The number of benzene rings is 1. The van der Waals surface area contributed by atoms with E-state index in [-0.39, 0.29) is 17.5 Å². The summed E-state index contributed by atoms with van der Waals surface area (Å²) in [6, 6.07) is 7.58. The monoisotopic (exact) mass is 396 g/mol. The molecule has 6 heteroatoms. The van der Waals surface area contributed by atoms with Gasteiger partial charge < -0.3 is 4.90 Å². The number of Topliss-reactive ketones (excluding diaryl/α,β-unsaturated/α-hetero) is 1. The summed E-state index contributed by atoms with van der Waals surface area (Å²) >= 11 is 9.58. The van der Waals surface area contributed by atoms with Crippen LogP contribution in [0.3, 0.4) is 0 Å². The minimum atomic E-state index is -0.327. The molecule has 0 N–H and O–H groups in total. The summed E-state index contributed by atoms with van der Waals surface area (Å²) in [4.78, 5) is 18.9. The topological polar surface area (TPSA) is 33.2 Å². The van der Waals surface area contributed by atoms with Gasteiger partial charge in [-0.1, -0.05) is 11.6 Å². The van der Waals surface area contributed by atoms with Crippen molar-refractivity contribution in [3.63, 3.8) is 0 Å². The van der Waals surface area contributed by atoms with E-state index in [0.717, 1.165) is 36.2 Å². The van der Waals surface area contributed by atoms with Crippen LogP contribution >= 0.6 is 27.5 Å². The van der Waals surface area contributed by atoms with E-state index in [1.54, 1.807) is 18.3 Å². The Morgan fingerprint density at radius 3 is 2.52 bits per heavy atom. The molecule has 23 heavy (non-hydrogen) atoms. The number of carbonyl (C=O) groups excluding carboxylic acids is 1. The molecule has 1 aliphatic rings. The lowest BCUT2D eigenvalue weighted by Gasteiger charge is -2.32. The number of rotatable bonds is 3. The van der Waals surface area contributed by atoms with Gasteiger partial charge >= 0.3 is 0 Å². The third kappa shape index (κ3) is 3.72. The van der Waals surface area contributed by atoms with Crippen LogP contribution in [0.5, 0.6) is 0 Å². The molecule has 120 valence electrons. The summed E-state index contributed by atoms with van der Waals surface area (Å²) in [5.41, 5.74) is 0.574. The molecule has 0 saturated carbocycles. The molecule has 2 aromatic rings. The third-order valence-electron chi connectivity index (χ3n) is 4.08. The zero-order chi connectivity index (χ0) is 16.4. The largest absolute Gasteiger partial charge is 0.355 e. The Kier molecular flexibility index (Phi) is 4.97. The number of ketones is 1. The van der Waals surface area contributed by atoms with Crippen molar-refractivity contribution in [3.05, 3.63) is 57.4 Å². The quantitative estimate of drug-likeness (QED) is 0.702. The molecule has 1 aliphatic heterocycles. The Labute approximate surface area is 147 Å². The Morgan fingerprint density at radius 1 is 1.26 bits per heavy atom. The molecule has 0 amide bonds. The molecule has 0 atom stereocenters. The minimum absolute atomic E-state index is 0.0362. The fourth-order valence-corrected chi connectivity index (χ4v) is 3.59. The van der Waals surface area contributed by atoms with Gasteiger partial charge in [-0.05, 0) is 59.1 Å². The van der Waals surface area contributed by atoms with E-state index in [9.17, 15) is 9.18 Å². The number of carbonyl (C=O) groups is 1. The highest BCUT2D eigenvalue weighted by Gasteiger charge is 2.27. The maximum atomic E-state index is 13.0. The number of aromatic nitrogens is 1. The van der Waals surface area contributed by atoms with Crippen LogP contribution in [0, 0.1) is 11.7 Å². The van der Waals surface area contributed by atoms with Crippen LogP contribution in [-0.4, -0.2) is 23.9 Å². The molecular formula is C17H15BrClFN2O. The maximum absolute atomic E-state index is 13.0. The van der Waals surface area contributed by atoms with Crippen molar-refractivity contribution >= 4 is 39.1 Å². The predicted octanol–water partition coefficient (Wildman–Crippen LogP) is 4.74. The van der Waals surface area contributed by atoms with Gasteiger partial charge in [0.1, 0.15) is 11.6 Å². The molecule has 1 saturated heterocycles. The second-order valence-electron chi connectivity index (χ2n) is 5.59. The highest BCUT2D eigenvalue weighted by Crippen LogP contribution is 2.30. The molecule has 1 aromatic heterocycles. The van der Waals surface area contributed by atoms with Crippen LogP contribution in [-0.2, 0) is 0 Å². The molecule has 0 unspecified atom stereocenters. The van der Waals surface area contributed by atoms with Crippen LogP contribution in [0.25, 0.3) is 0 Å². The maximum Gasteiger partial charge on any atom is 0.166 e. The molecular weight excluding hydrogens is 383 g/mol. The number of piperidine rings is 1. The summed E-state index contributed by atoms with van der Waals surface area (Å²) in [6.07, 6.45) is 3.20. The zero-order valence-corrected chi connectivity index (χ0v) is 14.6. The Balaban J connectivity index is 1.66. The normalized spacial score (nSPS) is 15.7. The number of hydrogen-bond acceptors (Lipinski definition) is 3. The van der Waals surface area contributed by atoms with Crippen molar-refractivity contribution in [1.29, 1.82) is 0 Å². The van der Waals surface area contributed by atoms with Crippen molar-refractivity contribution < 1.29 is 9.18 Å². The lowest BCUT2D eigenvalue weighted by Crippen LogP contribution is -2.37. The van der Waals surface area contributed by atoms with Crippen molar-refractivity contribution in [1.82, 2.24) is 4.98 Å². The highest BCUT2D eigenvalue weighted by molar-refractivity contribution is 9.10. The first kappa shape index (κ1) is 16.4. The van der Waals surface area contributed by atoms with Crippen molar-refractivity contribution in [2.75, 3.05) is 18.0 Å². The van der Waals surface area contributed by atoms with Gasteiger partial charge in [0.05, 0.1) is 5.02 Å². The summed E-state index contributed by atoms with van der Waals surface area (Å²) in [5.74, 6) is 0.473. The number of pyridine rings is 1. The van der Waals surface area contributed by atoms with E-state index in [1.165, 1.54) is 12.1 Å².